The first-order valence-corrected chi connectivity index (χ1v) is 12.5. The Morgan fingerprint density at radius 1 is 1.22 bits per heavy atom. The van der Waals surface area contributed by atoms with E-state index in [0.29, 0.717) is 18.0 Å². The maximum Gasteiger partial charge on any atom is 0.263 e. The van der Waals surface area contributed by atoms with Crippen molar-refractivity contribution >= 4 is 21.6 Å². The fourth-order valence-corrected chi connectivity index (χ4v) is 4.40. The molecule has 1 amide bonds. The zero-order valence-corrected chi connectivity index (χ0v) is 20.4. The van der Waals surface area contributed by atoms with Gasteiger partial charge in [0.05, 0.1) is 25.0 Å². The van der Waals surface area contributed by atoms with Gasteiger partial charge in [-0.3, -0.25) is 9.10 Å². The van der Waals surface area contributed by atoms with Crippen LogP contribution in [0.2, 0.25) is 0 Å². The van der Waals surface area contributed by atoms with E-state index in [2.05, 4.69) is 26.1 Å². The van der Waals surface area contributed by atoms with Crippen LogP contribution in [0.1, 0.15) is 37.5 Å². The molecule has 1 aliphatic rings. The van der Waals surface area contributed by atoms with Gasteiger partial charge in [-0.15, -0.1) is 0 Å². The second-order valence-electron chi connectivity index (χ2n) is 9.17. The molecule has 0 saturated heterocycles. The summed E-state index contributed by atoms with van der Waals surface area (Å²) in [7, 11) is -3.59. The number of benzene rings is 2. The predicted molar refractivity (Wildman–Crippen MR) is 126 cm³/mol. The van der Waals surface area contributed by atoms with Crippen LogP contribution >= 0.6 is 0 Å². The number of rotatable bonds is 6. The molecule has 0 spiro atoms. The lowest BCUT2D eigenvalue weighted by Gasteiger charge is -2.35. The highest BCUT2D eigenvalue weighted by Gasteiger charge is 2.35. The number of anilines is 1. The molecule has 1 aliphatic heterocycles. The normalized spacial score (nSPS) is 16.2. The predicted octanol–water partition coefficient (Wildman–Crippen LogP) is 3.32. The molecular formula is C24H32N2O5S. The Morgan fingerprint density at radius 3 is 2.59 bits per heavy atom. The summed E-state index contributed by atoms with van der Waals surface area (Å²) < 4.78 is 37.8. The molecule has 0 radical (unpaired) electrons. The van der Waals surface area contributed by atoms with Gasteiger partial charge in [-0.05, 0) is 54.2 Å². The molecule has 32 heavy (non-hydrogen) atoms. The lowest BCUT2D eigenvalue weighted by Crippen LogP contribution is -2.51. The van der Waals surface area contributed by atoms with Crippen molar-refractivity contribution < 1.29 is 22.7 Å². The quantitative estimate of drug-likeness (QED) is 0.669. The van der Waals surface area contributed by atoms with Gasteiger partial charge in [0.2, 0.25) is 10.0 Å². The highest BCUT2D eigenvalue weighted by molar-refractivity contribution is 7.92. The molecule has 174 valence electrons. The fraction of sp³-hybridized carbons (Fsp3) is 0.458. The number of hydrogen-bond donors (Lipinski definition) is 1. The zero-order chi connectivity index (χ0) is 23.7. The van der Waals surface area contributed by atoms with Crippen molar-refractivity contribution in [1.82, 2.24) is 5.32 Å². The number of carbonyl (C=O) groups excluding carboxylic acids is 1. The molecule has 0 saturated carbocycles. The van der Waals surface area contributed by atoms with E-state index in [4.69, 9.17) is 9.47 Å². The van der Waals surface area contributed by atoms with Crippen molar-refractivity contribution in [3.8, 4) is 11.5 Å². The Hall–Kier alpha value is -2.74. The molecule has 0 fully saturated rings. The summed E-state index contributed by atoms with van der Waals surface area (Å²) >= 11 is 0. The average Bonchev–Trinajstić information content (AvgIpc) is 2.71. The van der Waals surface area contributed by atoms with E-state index in [0.717, 1.165) is 28.7 Å². The number of fused-ring (bicyclic) bond motifs is 1. The van der Waals surface area contributed by atoms with Gasteiger partial charge >= 0.3 is 0 Å². The Morgan fingerprint density at radius 2 is 1.94 bits per heavy atom. The Kier molecular flexibility index (Phi) is 6.74. The van der Waals surface area contributed by atoms with Crippen molar-refractivity contribution in [1.29, 1.82) is 0 Å². The zero-order valence-electron chi connectivity index (χ0n) is 19.6. The number of ether oxygens (including phenoxy) is 2. The summed E-state index contributed by atoms with van der Waals surface area (Å²) in [6.07, 6.45) is 0.192. The van der Waals surface area contributed by atoms with E-state index in [9.17, 15) is 13.2 Å². The number of nitrogens with zero attached hydrogens (tertiary/aromatic N) is 1. The first kappa shape index (κ1) is 23.9. The van der Waals surface area contributed by atoms with Gasteiger partial charge in [-0.1, -0.05) is 39.0 Å². The summed E-state index contributed by atoms with van der Waals surface area (Å²) in [5.74, 6) is 0.773. The molecule has 3 rings (SSSR count). The number of aryl methyl sites for hydroxylation is 1. The third-order valence-electron chi connectivity index (χ3n) is 5.60. The molecule has 2 aromatic rings. The third kappa shape index (κ3) is 5.35. The van der Waals surface area contributed by atoms with E-state index in [-0.39, 0.29) is 24.4 Å². The molecule has 0 unspecified atom stereocenters. The maximum absolute atomic E-state index is 12.7. The molecule has 7 nitrogen and oxygen atoms in total. The number of carbonyl (C=O) groups is 1. The number of amides is 1. The van der Waals surface area contributed by atoms with Gasteiger partial charge in [0.1, 0.15) is 18.1 Å². The summed E-state index contributed by atoms with van der Waals surface area (Å²) in [5.41, 5.74) is 3.49. The first-order chi connectivity index (χ1) is 14.9. The molecule has 2 aromatic carbocycles. The second-order valence-corrected chi connectivity index (χ2v) is 11.1. The van der Waals surface area contributed by atoms with Gasteiger partial charge in [-0.25, -0.2) is 8.42 Å². The highest BCUT2D eigenvalue weighted by Crippen LogP contribution is 2.38. The van der Waals surface area contributed by atoms with Crippen LogP contribution in [0.5, 0.6) is 11.5 Å². The van der Waals surface area contributed by atoms with Crippen LogP contribution in [0, 0.1) is 13.8 Å². The minimum Gasteiger partial charge on any atom is -0.491 e. The largest absolute Gasteiger partial charge is 0.491 e. The molecule has 8 heteroatoms. The van der Waals surface area contributed by atoms with E-state index in [1.807, 2.05) is 44.2 Å². The van der Waals surface area contributed by atoms with Crippen LogP contribution in [-0.2, 0) is 20.2 Å². The van der Waals surface area contributed by atoms with Crippen molar-refractivity contribution in [2.24, 2.45) is 0 Å². The van der Waals surface area contributed by atoms with Crippen molar-refractivity contribution in [2.75, 3.05) is 30.3 Å². The standard InChI is InChI=1S/C24H32N2O5S/c1-16-8-7-9-20(17(16)2)30-13-12-25-23(27)22-15-26(32(6,28)29)19-14-18(24(3,4)5)10-11-21(19)31-22/h7-11,14,22H,12-13,15H2,1-6H3,(H,25,27)/t22-/m1/s1. The Balaban J connectivity index is 1.68. The van der Waals surface area contributed by atoms with Crippen LogP contribution < -0.4 is 19.1 Å². The van der Waals surface area contributed by atoms with E-state index in [1.54, 1.807) is 6.07 Å². The van der Waals surface area contributed by atoms with Crippen molar-refractivity contribution in [2.45, 2.75) is 46.1 Å². The smallest absolute Gasteiger partial charge is 0.263 e. The lowest BCUT2D eigenvalue weighted by molar-refractivity contribution is -0.127. The summed E-state index contributed by atoms with van der Waals surface area (Å²) in [4.78, 5) is 12.7. The molecule has 1 atom stereocenters. The highest BCUT2D eigenvalue weighted by atomic mass is 32.2. The maximum atomic E-state index is 12.7. The summed E-state index contributed by atoms with van der Waals surface area (Å²) in [6.45, 7) is 10.7. The molecule has 0 bridgehead atoms. The van der Waals surface area contributed by atoms with Gasteiger partial charge < -0.3 is 14.8 Å². The lowest BCUT2D eigenvalue weighted by atomic mass is 9.86. The van der Waals surface area contributed by atoms with Crippen LogP contribution in [-0.4, -0.2) is 46.4 Å². The van der Waals surface area contributed by atoms with Crippen LogP contribution in [0.15, 0.2) is 36.4 Å². The molecule has 1 N–H and O–H groups in total. The SMILES string of the molecule is Cc1cccc(OCCNC(=O)[C@H]2CN(S(C)(=O)=O)c3cc(C(C)(C)C)ccc3O2)c1C. The molecule has 1 heterocycles. The monoisotopic (exact) mass is 460 g/mol. The second kappa shape index (κ2) is 9.02. The molecular weight excluding hydrogens is 428 g/mol. The van der Waals surface area contributed by atoms with Crippen molar-refractivity contribution in [3.63, 3.8) is 0 Å². The van der Waals surface area contributed by atoms with Crippen LogP contribution in [0.25, 0.3) is 0 Å². The first-order valence-electron chi connectivity index (χ1n) is 10.6. The van der Waals surface area contributed by atoms with E-state index < -0.39 is 16.1 Å². The topological polar surface area (TPSA) is 84.9 Å². The Labute approximate surface area is 190 Å². The van der Waals surface area contributed by atoms with Gasteiger partial charge in [0, 0.05) is 0 Å². The van der Waals surface area contributed by atoms with Gasteiger partial charge in [0.15, 0.2) is 6.10 Å². The summed E-state index contributed by atoms with van der Waals surface area (Å²) in [6, 6.07) is 11.3. The molecule has 0 aromatic heterocycles. The van der Waals surface area contributed by atoms with Crippen LogP contribution in [0.4, 0.5) is 5.69 Å². The summed E-state index contributed by atoms with van der Waals surface area (Å²) in [5, 5.41) is 2.78. The third-order valence-corrected chi connectivity index (χ3v) is 6.75. The van der Waals surface area contributed by atoms with E-state index >= 15 is 0 Å². The fourth-order valence-electron chi connectivity index (χ4n) is 3.50. The number of nitrogens with one attached hydrogen (secondary N) is 1. The Bertz CT molecular complexity index is 1110. The van der Waals surface area contributed by atoms with Gasteiger partial charge in [-0.2, -0.15) is 0 Å². The number of hydrogen-bond acceptors (Lipinski definition) is 5. The minimum absolute atomic E-state index is 0.0802. The molecule has 0 aliphatic carbocycles. The van der Waals surface area contributed by atoms with E-state index in [1.165, 1.54) is 4.31 Å². The average molecular weight is 461 g/mol. The number of sulfonamides is 1. The van der Waals surface area contributed by atoms with Crippen LogP contribution in [0.3, 0.4) is 0 Å². The van der Waals surface area contributed by atoms with Gasteiger partial charge in [0.25, 0.3) is 5.91 Å². The minimum atomic E-state index is -3.59. The van der Waals surface area contributed by atoms with Crippen molar-refractivity contribution in [3.05, 3.63) is 53.1 Å².